The van der Waals surface area contributed by atoms with Crippen LogP contribution < -0.4 is 5.32 Å². The Morgan fingerprint density at radius 2 is 2.11 bits per heavy atom. The molecule has 1 aromatic carbocycles. The molecule has 0 saturated heterocycles. The van der Waals surface area contributed by atoms with Crippen molar-refractivity contribution in [2.24, 2.45) is 4.99 Å². The van der Waals surface area contributed by atoms with Gasteiger partial charge < -0.3 is 0 Å². The van der Waals surface area contributed by atoms with Crippen LogP contribution in [0.3, 0.4) is 0 Å². The summed E-state index contributed by atoms with van der Waals surface area (Å²) >= 11 is 1.33. The zero-order chi connectivity index (χ0) is 18.8. The molecule has 1 fully saturated rings. The average molecular weight is 377 g/mol. The fourth-order valence-electron chi connectivity index (χ4n) is 2.77. The van der Waals surface area contributed by atoms with Crippen LogP contribution in [-0.2, 0) is 0 Å². The molecule has 2 N–H and O–H groups in total. The fraction of sp³-hybridized carbons (Fsp3) is 0.200. The number of aryl methyl sites for hydroxylation is 1. The van der Waals surface area contributed by atoms with Crippen LogP contribution in [0.4, 0.5) is 10.1 Å². The van der Waals surface area contributed by atoms with E-state index >= 15 is 0 Å². The monoisotopic (exact) mass is 377 g/mol. The van der Waals surface area contributed by atoms with Gasteiger partial charge in [-0.1, -0.05) is 30.0 Å². The number of thiazole rings is 1. The number of aliphatic imine (C=N–C) groups is 1. The van der Waals surface area contributed by atoms with Crippen LogP contribution in [0.15, 0.2) is 54.3 Å². The van der Waals surface area contributed by atoms with Gasteiger partial charge in [0.1, 0.15) is 5.00 Å². The number of hydrogen-bond donors (Lipinski definition) is 2. The second-order valence-electron chi connectivity index (χ2n) is 6.45. The van der Waals surface area contributed by atoms with Crippen LogP contribution in [-0.4, -0.2) is 26.8 Å². The Morgan fingerprint density at radius 3 is 2.74 bits per heavy atom. The topological polar surface area (TPSA) is 83.0 Å². The first-order valence-corrected chi connectivity index (χ1v) is 9.54. The summed E-state index contributed by atoms with van der Waals surface area (Å²) in [5.74, 6) is 0.513. The van der Waals surface area contributed by atoms with Gasteiger partial charge in [-0.2, -0.15) is 5.10 Å². The molecule has 2 aromatic heterocycles. The number of carbonyl (C=O) groups is 1. The van der Waals surface area contributed by atoms with Gasteiger partial charge in [0.05, 0.1) is 17.6 Å². The van der Waals surface area contributed by atoms with Gasteiger partial charge in [0, 0.05) is 17.3 Å². The summed E-state index contributed by atoms with van der Waals surface area (Å²) in [5.41, 5.74) is 4.23. The van der Waals surface area contributed by atoms with Crippen LogP contribution in [0.5, 0.6) is 0 Å². The summed E-state index contributed by atoms with van der Waals surface area (Å²) in [5, 5.41) is 10.8. The highest BCUT2D eigenvalue weighted by Gasteiger charge is 2.23. The first kappa shape index (κ1) is 17.4. The summed E-state index contributed by atoms with van der Waals surface area (Å²) in [6, 6.07) is 7.82. The van der Waals surface area contributed by atoms with E-state index in [4.69, 9.17) is 0 Å². The van der Waals surface area contributed by atoms with Gasteiger partial charge in [0.25, 0.3) is 5.91 Å². The van der Waals surface area contributed by atoms with Gasteiger partial charge in [0.15, 0.2) is 5.13 Å². The van der Waals surface area contributed by atoms with Crippen LogP contribution in [0.2, 0.25) is 0 Å². The van der Waals surface area contributed by atoms with E-state index in [1.807, 2.05) is 31.2 Å². The molecule has 27 heavy (non-hydrogen) atoms. The summed E-state index contributed by atoms with van der Waals surface area (Å²) in [6.07, 6.45) is 7.61. The lowest BCUT2D eigenvalue weighted by molar-refractivity contribution is 0.102. The molecule has 1 aliphatic rings. The second kappa shape index (κ2) is 7.28. The van der Waals surface area contributed by atoms with E-state index in [1.165, 1.54) is 29.7 Å². The third-order valence-corrected chi connectivity index (χ3v) is 5.39. The number of nitrogens with zero attached hydrogens (tertiary/aromatic N) is 3. The number of benzene rings is 1. The summed E-state index contributed by atoms with van der Waals surface area (Å²) in [6.45, 7) is 5.67. The number of nitrogens with one attached hydrogen (secondary N) is 2. The Kier molecular flexibility index (Phi) is 4.68. The van der Waals surface area contributed by atoms with E-state index in [0.29, 0.717) is 22.3 Å². The minimum atomic E-state index is -0.166. The number of aromatic amines is 1. The normalized spacial score (nSPS) is 14.2. The number of carbonyl (C=O) groups excluding carboxylic acids is 1. The predicted octanol–water partition coefficient (Wildman–Crippen LogP) is 4.61. The number of aromatic nitrogens is 3. The van der Waals surface area contributed by atoms with Crippen LogP contribution in [0, 0.1) is 6.92 Å². The molecule has 4 rings (SSSR count). The Morgan fingerprint density at radius 1 is 1.33 bits per heavy atom. The molecule has 0 spiro atoms. The second-order valence-corrected chi connectivity index (χ2v) is 7.43. The van der Waals surface area contributed by atoms with Crippen LogP contribution in [0.25, 0.3) is 0 Å². The smallest absolute Gasteiger partial charge is 0.257 e. The molecule has 2 heterocycles. The average Bonchev–Trinajstić information content (AvgIpc) is 3.28. The lowest BCUT2D eigenvalue weighted by Crippen LogP contribution is -2.11. The summed E-state index contributed by atoms with van der Waals surface area (Å²) in [4.78, 5) is 21.5. The first-order valence-electron chi connectivity index (χ1n) is 8.73. The highest BCUT2D eigenvalue weighted by atomic mass is 32.1. The van der Waals surface area contributed by atoms with E-state index in [1.54, 1.807) is 18.5 Å². The number of allylic oxidation sites excluding steroid dienone is 1. The largest absolute Gasteiger partial charge is 0.298 e. The molecule has 3 aromatic rings. The molecule has 1 saturated carbocycles. The van der Waals surface area contributed by atoms with Gasteiger partial charge in [-0.05, 0) is 49.5 Å². The molecule has 0 aliphatic heterocycles. The van der Waals surface area contributed by atoms with Crippen molar-refractivity contribution in [3.63, 3.8) is 0 Å². The van der Waals surface area contributed by atoms with Gasteiger partial charge in [-0.3, -0.25) is 15.2 Å². The Balaban J connectivity index is 1.50. The minimum Gasteiger partial charge on any atom is -0.298 e. The highest BCUT2D eigenvalue weighted by Crippen LogP contribution is 2.40. The number of rotatable bonds is 6. The molecular formula is C20H19N5OS. The number of anilines is 1. The molecule has 0 radical (unpaired) electrons. The van der Waals surface area contributed by atoms with Crippen molar-refractivity contribution in [2.45, 2.75) is 25.7 Å². The molecule has 7 heteroatoms. The maximum absolute atomic E-state index is 12.5. The van der Waals surface area contributed by atoms with Crippen LogP contribution >= 0.6 is 11.3 Å². The zero-order valence-electron chi connectivity index (χ0n) is 14.9. The molecule has 136 valence electrons. The van der Waals surface area contributed by atoms with Crippen LogP contribution in [0.1, 0.15) is 45.9 Å². The lowest BCUT2D eigenvalue weighted by atomic mass is 10.1. The zero-order valence-corrected chi connectivity index (χ0v) is 15.7. The lowest BCUT2D eigenvalue weighted by Gasteiger charge is -2.03. The van der Waals surface area contributed by atoms with Crippen molar-refractivity contribution < 1.29 is 4.79 Å². The molecule has 0 unspecified atom stereocenters. The summed E-state index contributed by atoms with van der Waals surface area (Å²) in [7, 11) is 0. The van der Waals surface area contributed by atoms with Gasteiger partial charge >= 0.3 is 0 Å². The van der Waals surface area contributed by atoms with Crippen molar-refractivity contribution in [1.82, 2.24) is 15.2 Å². The van der Waals surface area contributed by atoms with Gasteiger partial charge in [0.2, 0.25) is 0 Å². The van der Waals surface area contributed by atoms with E-state index in [2.05, 4.69) is 32.1 Å². The maximum Gasteiger partial charge on any atom is 0.257 e. The third kappa shape index (κ3) is 3.88. The van der Waals surface area contributed by atoms with E-state index in [9.17, 15) is 4.79 Å². The van der Waals surface area contributed by atoms with Gasteiger partial charge in [-0.15, -0.1) is 0 Å². The van der Waals surface area contributed by atoms with E-state index < -0.39 is 0 Å². The standard InChI is InChI=1S/C20H19N5OS/c1-3-17(16-10-21-22-11-16)24-19-12(2)23-20(27-19)25-18(26)15-8-6-14(7-9-15)13-4-5-13/h3,6-11,13H,1,4-5H2,2H3,(H,21,22)(H,23,25,26). The van der Waals surface area contributed by atoms with Crippen molar-refractivity contribution in [3.8, 4) is 0 Å². The Labute approximate surface area is 161 Å². The van der Waals surface area contributed by atoms with E-state index in [-0.39, 0.29) is 5.91 Å². The minimum absolute atomic E-state index is 0.166. The number of H-pyrrole nitrogens is 1. The highest BCUT2D eigenvalue weighted by molar-refractivity contribution is 7.19. The fourth-order valence-corrected chi connectivity index (χ4v) is 3.61. The van der Waals surface area contributed by atoms with E-state index in [0.717, 1.165) is 16.3 Å². The number of amides is 1. The quantitative estimate of drug-likeness (QED) is 0.615. The number of hydrogen-bond acceptors (Lipinski definition) is 5. The van der Waals surface area contributed by atoms with Crippen molar-refractivity contribution in [3.05, 3.63) is 71.7 Å². The molecule has 1 aliphatic carbocycles. The molecule has 6 nitrogen and oxygen atoms in total. The molecular weight excluding hydrogens is 358 g/mol. The maximum atomic E-state index is 12.5. The van der Waals surface area contributed by atoms with Crippen molar-refractivity contribution >= 4 is 33.1 Å². The Bertz CT molecular complexity index is 998. The SMILES string of the molecule is C=CC(=Nc1sc(NC(=O)c2ccc(C3CC3)cc2)nc1C)c1cn[nH]c1. The summed E-state index contributed by atoms with van der Waals surface area (Å²) < 4.78 is 0. The predicted molar refractivity (Wildman–Crippen MR) is 108 cm³/mol. The molecule has 0 atom stereocenters. The Hall–Kier alpha value is -3.06. The van der Waals surface area contributed by atoms with Crippen molar-refractivity contribution in [1.29, 1.82) is 0 Å². The molecule has 0 bridgehead atoms. The molecule has 1 amide bonds. The van der Waals surface area contributed by atoms with Gasteiger partial charge in [-0.25, -0.2) is 9.98 Å². The third-order valence-electron chi connectivity index (χ3n) is 4.42. The van der Waals surface area contributed by atoms with Crippen molar-refractivity contribution in [2.75, 3.05) is 5.32 Å². The first-order chi connectivity index (χ1) is 13.1.